The molecule has 2 aromatic rings. The fourth-order valence-electron chi connectivity index (χ4n) is 2.02. The quantitative estimate of drug-likeness (QED) is 0.873. The number of hydrogen-bond donors (Lipinski definition) is 1. The number of rotatable bonds is 1. The van der Waals surface area contributed by atoms with Crippen LogP contribution in [-0.4, -0.2) is 11.5 Å². The summed E-state index contributed by atoms with van der Waals surface area (Å²) in [7, 11) is 0. The maximum atomic E-state index is 6.10. The van der Waals surface area contributed by atoms with Crippen LogP contribution in [0, 0.1) is 0 Å². The van der Waals surface area contributed by atoms with Crippen molar-refractivity contribution in [2.75, 3.05) is 6.54 Å². The second-order valence-electron chi connectivity index (χ2n) is 3.94. The van der Waals surface area contributed by atoms with E-state index in [1.807, 2.05) is 12.1 Å². The van der Waals surface area contributed by atoms with Gasteiger partial charge < -0.3 is 9.73 Å². The lowest BCUT2D eigenvalue weighted by atomic mass is 10.2. The van der Waals surface area contributed by atoms with Crippen molar-refractivity contribution in [3.63, 3.8) is 0 Å². The van der Waals surface area contributed by atoms with Crippen molar-refractivity contribution in [2.24, 2.45) is 0 Å². The Kier molecular flexibility index (Phi) is 2.65. The molecule has 1 aliphatic rings. The van der Waals surface area contributed by atoms with E-state index in [1.165, 1.54) is 6.42 Å². The molecule has 1 unspecified atom stereocenters. The van der Waals surface area contributed by atoms with Crippen molar-refractivity contribution in [1.29, 1.82) is 0 Å². The molecule has 84 valence electrons. The van der Waals surface area contributed by atoms with Gasteiger partial charge in [-0.25, -0.2) is 4.98 Å². The zero-order chi connectivity index (χ0) is 11.1. The van der Waals surface area contributed by atoms with Crippen LogP contribution in [-0.2, 0) is 0 Å². The van der Waals surface area contributed by atoms with E-state index >= 15 is 0 Å². The number of hydrogen-bond acceptors (Lipinski definition) is 3. The molecule has 0 bridgehead atoms. The minimum atomic E-state index is 0.238. The average molecular weight is 302 g/mol. The minimum absolute atomic E-state index is 0.238. The lowest BCUT2D eigenvalue weighted by Gasteiger charge is -2.02. The highest BCUT2D eigenvalue weighted by atomic mass is 79.9. The van der Waals surface area contributed by atoms with Crippen LogP contribution in [0.1, 0.15) is 24.8 Å². The van der Waals surface area contributed by atoms with E-state index in [-0.39, 0.29) is 6.04 Å². The first kappa shape index (κ1) is 10.6. The highest BCUT2D eigenvalue weighted by molar-refractivity contribution is 9.10. The molecular formula is C11H10BrClN2O. The summed E-state index contributed by atoms with van der Waals surface area (Å²) >= 11 is 9.49. The van der Waals surface area contributed by atoms with E-state index < -0.39 is 0 Å². The van der Waals surface area contributed by atoms with Gasteiger partial charge in [0.05, 0.1) is 11.1 Å². The smallest absolute Gasteiger partial charge is 0.212 e. The number of nitrogens with one attached hydrogen (secondary N) is 1. The van der Waals surface area contributed by atoms with Gasteiger partial charge in [0.25, 0.3) is 0 Å². The molecule has 1 aromatic heterocycles. The SMILES string of the molecule is Clc1cc(Br)cc2nc(C3CCCN3)oc12. The number of fused-ring (bicyclic) bond motifs is 1. The summed E-state index contributed by atoms with van der Waals surface area (Å²) in [5.41, 5.74) is 1.48. The van der Waals surface area contributed by atoms with E-state index in [1.54, 1.807) is 0 Å². The molecule has 2 heterocycles. The zero-order valence-corrected chi connectivity index (χ0v) is 10.8. The molecule has 3 rings (SSSR count). The Labute approximate surface area is 106 Å². The minimum Gasteiger partial charge on any atom is -0.437 e. The monoisotopic (exact) mass is 300 g/mol. The van der Waals surface area contributed by atoms with Crippen molar-refractivity contribution in [1.82, 2.24) is 10.3 Å². The van der Waals surface area contributed by atoms with Crippen LogP contribution < -0.4 is 5.32 Å². The van der Waals surface area contributed by atoms with Gasteiger partial charge in [-0.1, -0.05) is 27.5 Å². The molecule has 16 heavy (non-hydrogen) atoms. The van der Waals surface area contributed by atoms with Gasteiger partial charge in [-0.05, 0) is 31.5 Å². The standard InChI is InChI=1S/C11H10BrClN2O/c12-6-4-7(13)10-9(5-6)15-11(16-10)8-2-1-3-14-8/h4-5,8,14H,1-3H2. The predicted octanol–water partition coefficient (Wildman–Crippen LogP) is 3.67. The molecule has 5 heteroatoms. The van der Waals surface area contributed by atoms with Crippen molar-refractivity contribution in [3.05, 3.63) is 27.5 Å². The highest BCUT2D eigenvalue weighted by Crippen LogP contribution is 2.32. The summed E-state index contributed by atoms with van der Waals surface area (Å²) < 4.78 is 6.63. The van der Waals surface area contributed by atoms with Gasteiger partial charge in [-0.15, -0.1) is 0 Å². The van der Waals surface area contributed by atoms with Crippen molar-refractivity contribution < 1.29 is 4.42 Å². The maximum Gasteiger partial charge on any atom is 0.212 e. The van der Waals surface area contributed by atoms with Crippen LogP contribution >= 0.6 is 27.5 Å². The van der Waals surface area contributed by atoms with E-state index in [9.17, 15) is 0 Å². The molecule has 1 aromatic carbocycles. The van der Waals surface area contributed by atoms with Gasteiger partial charge in [0.1, 0.15) is 5.52 Å². The molecule has 1 N–H and O–H groups in total. The zero-order valence-electron chi connectivity index (χ0n) is 8.46. The molecule has 0 aliphatic carbocycles. The lowest BCUT2D eigenvalue weighted by Crippen LogP contribution is -2.12. The third kappa shape index (κ3) is 1.75. The molecule has 0 saturated carbocycles. The van der Waals surface area contributed by atoms with Crippen molar-refractivity contribution >= 4 is 38.6 Å². The second kappa shape index (κ2) is 4.02. The third-order valence-electron chi connectivity index (χ3n) is 2.78. The Bertz CT molecular complexity index is 534. The molecule has 0 radical (unpaired) electrons. The average Bonchev–Trinajstić information content (AvgIpc) is 2.82. The van der Waals surface area contributed by atoms with E-state index in [2.05, 4.69) is 26.2 Å². The number of oxazole rings is 1. The first-order valence-corrected chi connectivity index (χ1v) is 6.40. The Balaban J connectivity index is 2.11. The van der Waals surface area contributed by atoms with Gasteiger partial charge in [0.15, 0.2) is 5.58 Å². The van der Waals surface area contributed by atoms with Crippen molar-refractivity contribution in [2.45, 2.75) is 18.9 Å². The Morgan fingerprint density at radius 2 is 2.38 bits per heavy atom. The van der Waals surface area contributed by atoms with E-state index in [0.717, 1.165) is 28.8 Å². The Morgan fingerprint density at radius 3 is 3.12 bits per heavy atom. The fourth-order valence-corrected chi connectivity index (χ4v) is 2.85. The molecule has 1 aliphatic heterocycles. The molecular weight excluding hydrogens is 291 g/mol. The number of nitrogens with zero attached hydrogens (tertiary/aromatic N) is 1. The molecule has 3 nitrogen and oxygen atoms in total. The van der Waals surface area contributed by atoms with Crippen LogP contribution in [0.25, 0.3) is 11.1 Å². The topological polar surface area (TPSA) is 38.1 Å². The molecule has 1 atom stereocenters. The molecule has 0 spiro atoms. The van der Waals surface area contributed by atoms with Crippen LogP contribution in [0.15, 0.2) is 21.0 Å². The summed E-state index contributed by atoms with van der Waals surface area (Å²) in [5, 5.41) is 3.96. The summed E-state index contributed by atoms with van der Waals surface area (Å²) in [5.74, 6) is 0.743. The Hall–Kier alpha value is -0.580. The first-order valence-electron chi connectivity index (χ1n) is 5.23. The van der Waals surface area contributed by atoms with Gasteiger partial charge in [0, 0.05) is 4.47 Å². The largest absolute Gasteiger partial charge is 0.437 e. The molecule has 1 fully saturated rings. The summed E-state index contributed by atoms with van der Waals surface area (Å²) in [6.45, 7) is 1.03. The first-order chi connectivity index (χ1) is 7.74. The van der Waals surface area contributed by atoms with Gasteiger partial charge in [-0.3, -0.25) is 0 Å². The number of aromatic nitrogens is 1. The highest BCUT2D eigenvalue weighted by Gasteiger charge is 2.22. The normalized spacial score (nSPS) is 20.8. The van der Waals surface area contributed by atoms with Crippen LogP contribution in [0.4, 0.5) is 0 Å². The molecule has 1 saturated heterocycles. The summed E-state index contributed by atoms with van der Waals surface area (Å²) in [6, 6.07) is 3.98. The fraction of sp³-hybridized carbons (Fsp3) is 0.364. The van der Waals surface area contributed by atoms with Crippen molar-refractivity contribution in [3.8, 4) is 0 Å². The van der Waals surface area contributed by atoms with Gasteiger partial charge in [0.2, 0.25) is 5.89 Å². The lowest BCUT2D eigenvalue weighted by molar-refractivity contribution is 0.452. The van der Waals surface area contributed by atoms with Crippen LogP contribution in [0.2, 0.25) is 5.02 Å². The van der Waals surface area contributed by atoms with E-state index in [0.29, 0.717) is 10.6 Å². The van der Waals surface area contributed by atoms with Crippen LogP contribution in [0.3, 0.4) is 0 Å². The summed E-state index contributed by atoms with van der Waals surface area (Å²) in [6.07, 6.45) is 2.24. The predicted molar refractivity (Wildman–Crippen MR) is 66.7 cm³/mol. The summed E-state index contributed by atoms with van der Waals surface area (Å²) in [4.78, 5) is 4.47. The van der Waals surface area contributed by atoms with E-state index in [4.69, 9.17) is 16.0 Å². The third-order valence-corrected chi connectivity index (χ3v) is 3.52. The maximum absolute atomic E-state index is 6.10. The van der Waals surface area contributed by atoms with Crippen LogP contribution in [0.5, 0.6) is 0 Å². The van der Waals surface area contributed by atoms with Gasteiger partial charge >= 0.3 is 0 Å². The number of benzene rings is 1. The molecule has 0 amide bonds. The Morgan fingerprint density at radius 1 is 1.50 bits per heavy atom. The van der Waals surface area contributed by atoms with Gasteiger partial charge in [-0.2, -0.15) is 0 Å². The second-order valence-corrected chi connectivity index (χ2v) is 5.26. The number of halogens is 2.